The van der Waals surface area contributed by atoms with Crippen LogP contribution in [0.4, 0.5) is 0 Å². The highest BCUT2D eigenvalue weighted by atomic mass is 15.3. The highest BCUT2D eigenvalue weighted by Gasteiger charge is 2.18. The molecule has 1 N–H and O–H groups in total. The first-order chi connectivity index (χ1) is 10.2. The lowest BCUT2D eigenvalue weighted by Gasteiger charge is -2.24. The first kappa shape index (κ1) is 16.5. The van der Waals surface area contributed by atoms with Crippen LogP contribution >= 0.6 is 0 Å². The maximum atomic E-state index is 4.76. The Morgan fingerprint density at radius 2 is 2.33 bits per heavy atom. The summed E-state index contributed by atoms with van der Waals surface area (Å²) in [5, 5.41) is 8.37. The van der Waals surface area contributed by atoms with Gasteiger partial charge < -0.3 is 5.32 Å². The lowest BCUT2D eigenvalue weighted by Crippen LogP contribution is -2.37. The van der Waals surface area contributed by atoms with Gasteiger partial charge in [0, 0.05) is 31.4 Å². The summed E-state index contributed by atoms with van der Waals surface area (Å²) in [7, 11) is 0. The van der Waals surface area contributed by atoms with Gasteiger partial charge in [-0.2, -0.15) is 5.10 Å². The van der Waals surface area contributed by atoms with E-state index in [1.54, 1.807) is 0 Å². The Labute approximate surface area is 129 Å². The second-order valence-corrected chi connectivity index (χ2v) is 6.43. The minimum absolute atomic E-state index is 0.499. The van der Waals surface area contributed by atoms with Gasteiger partial charge in [-0.25, -0.2) is 0 Å². The Morgan fingerprint density at radius 1 is 1.48 bits per heavy atom. The maximum absolute atomic E-state index is 4.76. The Balaban J connectivity index is 1.91. The molecular weight excluding hydrogens is 260 g/mol. The summed E-state index contributed by atoms with van der Waals surface area (Å²) in [6.45, 7) is 11.2. The lowest BCUT2D eigenvalue weighted by molar-refractivity contribution is 0.234. The SMILES string of the molecule is CCCCN(Cc1ccn(C(C)CC)n1)CC1CCCN1. The van der Waals surface area contributed by atoms with Crippen LogP contribution in [0.15, 0.2) is 12.3 Å². The van der Waals surface area contributed by atoms with Crippen LogP contribution in [0.5, 0.6) is 0 Å². The van der Waals surface area contributed by atoms with Crippen LogP contribution in [-0.4, -0.2) is 40.4 Å². The average molecular weight is 292 g/mol. The Kier molecular flexibility index (Phi) is 6.71. The monoisotopic (exact) mass is 292 g/mol. The average Bonchev–Trinajstić information content (AvgIpc) is 3.15. The van der Waals surface area contributed by atoms with E-state index >= 15 is 0 Å². The van der Waals surface area contributed by atoms with E-state index < -0.39 is 0 Å². The molecule has 0 radical (unpaired) electrons. The Hall–Kier alpha value is -0.870. The summed E-state index contributed by atoms with van der Waals surface area (Å²) < 4.78 is 2.11. The fourth-order valence-electron chi connectivity index (χ4n) is 2.96. The number of nitrogens with zero attached hydrogens (tertiary/aromatic N) is 3. The molecule has 1 aromatic rings. The minimum Gasteiger partial charge on any atom is -0.313 e. The van der Waals surface area contributed by atoms with E-state index in [1.165, 1.54) is 44.5 Å². The molecule has 0 amide bonds. The third-order valence-corrected chi connectivity index (χ3v) is 4.56. The molecule has 0 bridgehead atoms. The fraction of sp³-hybridized carbons (Fsp3) is 0.824. The van der Waals surface area contributed by atoms with E-state index in [-0.39, 0.29) is 0 Å². The van der Waals surface area contributed by atoms with Crippen LogP contribution in [0.25, 0.3) is 0 Å². The second-order valence-electron chi connectivity index (χ2n) is 6.43. The molecule has 1 aliphatic rings. The third kappa shape index (κ3) is 5.11. The van der Waals surface area contributed by atoms with Crippen molar-refractivity contribution in [2.75, 3.05) is 19.6 Å². The molecule has 1 aromatic heterocycles. The summed E-state index contributed by atoms with van der Waals surface area (Å²) in [6.07, 6.45) is 8.45. The summed E-state index contributed by atoms with van der Waals surface area (Å²) in [5.41, 5.74) is 1.21. The maximum Gasteiger partial charge on any atom is 0.0764 e. The smallest absolute Gasteiger partial charge is 0.0764 e. The molecule has 2 heterocycles. The molecule has 4 heteroatoms. The topological polar surface area (TPSA) is 33.1 Å². The zero-order chi connectivity index (χ0) is 15.1. The molecule has 2 atom stereocenters. The summed E-state index contributed by atoms with van der Waals surface area (Å²) >= 11 is 0. The van der Waals surface area contributed by atoms with Gasteiger partial charge in [-0.1, -0.05) is 20.3 Å². The summed E-state index contributed by atoms with van der Waals surface area (Å²) in [6, 6.07) is 3.37. The zero-order valence-corrected chi connectivity index (χ0v) is 14.0. The molecule has 120 valence electrons. The number of hydrogen-bond donors (Lipinski definition) is 1. The molecule has 0 spiro atoms. The molecule has 0 aliphatic carbocycles. The van der Waals surface area contributed by atoms with E-state index in [2.05, 4.69) is 47.9 Å². The summed E-state index contributed by atoms with van der Waals surface area (Å²) in [4.78, 5) is 2.58. The van der Waals surface area contributed by atoms with Gasteiger partial charge in [0.2, 0.25) is 0 Å². The van der Waals surface area contributed by atoms with Crippen molar-refractivity contribution in [3.05, 3.63) is 18.0 Å². The molecule has 1 aliphatic heterocycles. The van der Waals surface area contributed by atoms with Gasteiger partial charge in [-0.05, 0) is 51.8 Å². The molecule has 4 nitrogen and oxygen atoms in total. The number of aromatic nitrogens is 2. The van der Waals surface area contributed by atoms with E-state index in [1.807, 2.05) is 0 Å². The molecule has 1 fully saturated rings. The molecule has 21 heavy (non-hydrogen) atoms. The van der Waals surface area contributed by atoms with E-state index in [0.29, 0.717) is 12.1 Å². The first-order valence-electron chi connectivity index (χ1n) is 8.72. The largest absolute Gasteiger partial charge is 0.313 e. The second kappa shape index (κ2) is 8.54. The third-order valence-electron chi connectivity index (χ3n) is 4.56. The van der Waals surface area contributed by atoms with Gasteiger partial charge >= 0.3 is 0 Å². The number of nitrogens with one attached hydrogen (secondary N) is 1. The fourth-order valence-corrected chi connectivity index (χ4v) is 2.96. The van der Waals surface area contributed by atoms with Gasteiger partial charge in [0.25, 0.3) is 0 Å². The molecule has 0 aromatic carbocycles. The number of rotatable bonds is 9. The predicted octanol–water partition coefficient (Wildman–Crippen LogP) is 3.21. The Bertz CT molecular complexity index is 395. The van der Waals surface area contributed by atoms with Crippen molar-refractivity contribution >= 4 is 0 Å². The van der Waals surface area contributed by atoms with Crippen molar-refractivity contribution in [3.63, 3.8) is 0 Å². The van der Waals surface area contributed by atoms with Crippen molar-refractivity contribution in [2.45, 2.75) is 71.5 Å². The van der Waals surface area contributed by atoms with Crippen molar-refractivity contribution in [1.29, 1.82) is 0 Å². The van der Waals surface area contributed by atoms with Crippen LogP contribution in [-0.2, 0) is 6.54 Å². The molecule has 1 saturated heterocycles. The molecule has 2 rings (SSSR count). The normalized spacial score (nSPS) is 20.3. The van der Waals surface area contributed by atoms with E-state index in [9.17, 15) is 0 Å². The van der Waals surface area contributed by atoms with Crippen LogP contribution in [0.2, 0.25) is 0 Å². The highest BCUT2D eigenvalue weighted by Crippen LogP contribution is 2.13. The lowest BCUT2D eigenvalue weighted by atomic mass is 10.2. The van der Waals surface area contributed by atoms with Crippen LogP contribution in [0, 0.1) is 0 Å². The Morgan fingerprint density at radius 3 is 3.00 bits per heavy atom. The van der Waals surface area contributed by atoms with Crippen LogP contribution in [0.1, 0.15) is 64.6 Å². The quantitative estimate of drug-likeness (QED) is 0.758. The predicted molar refractivity (Wildman–Crippen MR) is 88.4 cm³/mol. The minimum atomic E-state index is 0.499. The zero-order valence-electron chi connectivity index (χ0n) is 14.0. The van der Waals surface area contributed by atoms with Crippen molar-refractivity contribution in [2.24, 2.45) is 0 Å². The van der Waals surface area contributed by atoms with Gasteiger partial charge in [0.1, 0.15) is 0 Å². The summed E-state index contributed by atoms with van der Waals surface area (Å²) in [5.74, 6) is 0. The molecule has 2 unspecified atom stereocenters. The first-order valence-corrected chi connectivity index (χ1v) is 8.72. The van der Waals surface area contributed by atoms with Gasteiger partial charge in [-0.15, -0.1) is 0 Å². The number of hydrogen-bond acceptors (Lipinski definition) is 3. The molecular formula is C17H32N4. The van der Waals surface area contributed by atoms with Gasteiger partial charge in [0.05, 0.1) is 5.69 Å². The van der Waals surface area contributed by atoms with Crippen LogP contribution in [0.3, 0.4) is 0 Å². The van der Waals surface area contributed by atoms with Crippen LogP contribution < -0.4 is 5.32 Å². The molecule has 0 saturated carbocycles. The van der Waals surface area contributed by atoms with Crippen molar-refractivity contribution in [1.82, 2.24) is 20.0 Å². The standard InChI is InChI=1S/C17H32N4/c1-4-6-11-20(13-16-8-7-10-18-16)14-17-9-12-21(19-17)15(3)5-2/h9,12,15-16,18H,4-8,10-11,13-14H2,1-3H3. The van der Waals surface area contributed by atoms with E-state index in [4.69, 9.17) is 5.10 Å². The highest BCUT2D eigenvalue weighted by molar-refractivity contribution is 5.00. The van der Waals surface area contributed by atoms with Crippen molar-refractivity contribution < 1.29 is 0 Å². The van der Waals surface area contributed by atoms with Crippen molar-refractivity contribution in [3.8, 4) is 0 Å². The van der Waals surface area contributed by atoms with Gasteiger partial charge in [-0.3, -0.25) is 9.58 Å². The van der Waals surface area contributed by atoms with E-state index in [0.717, 1.165) is 19.5 Å². The number of unbranched alkanes of at least 4 members (excludes halogenated alkanes) is 1. The van der Waals surface area contributed by atoms with Gasteiger partial charge in [0.15, 0.2) is 0 Å².